The molecule has 2 aliphatic rings. The molecular formula is C18H22IN5O3S. The molecule has 2 aliphatic heterocycles. The van der Waals surface area contributed by atoms with E-state index in [1.807, 2.05) is 18.2 Å². The first-order valence-electron chi connectivity index (χ1n) is 9.20. The van der Waals surface area contributed by atoms with Crippen molar-refractivity contribution < 1.29 is 13.2 Å². The van der Waals surface area contributed by atoms with Crippen LogP contribution in [-0.4, -0.2) is 75.4 Å². The van der Waals surface area contributed by atoms with E-state index in [9.17, 15) is 8.42 Å². The standard InChI is InChI=1S/C18H22IN5O3S/c19-15-1-3-17(4-2-15)28(25,26)24-7-5-23(6-8-24)18-13-16(14-20-21-18)22-9-11-27-12-10-22/h1-4,13-14H,5-12H2. The molecule has 0 bridgehead atoms. The number of benzene rings is 1. The third-order valence-electron chi connectivity index (χ3n) is 5.02. The lowest BCUT2D eigenvalue weighted by Crippen LogP contribution is -2.49. The van der Waals surface area contributed by atoms with Crippen molar-refractivity contribution in [3.05, 3.63) is 40.1 Å². The molecule has 0 N–H and O–H groups in total. The Hall–Kier alpha value is -1.50. The normalized spacial score (nSPS) is 19.0. The molecule has 1 aromatic heterocycles. The Kier molecular flexibility index (Phi) is 5.99. The number of piperazine rings is 1. The van der Waals surface area contributed by atoms with Gasteiger partial charge in [-0.25, -0.2) is 8.42 Å². The van der Waals surface area contributed by atoms with Gasteiger partial charge in [-0.05, 0) is 46.9 Å². The number of hydrogen-bond donors (Lipinski definition) is 0. The summed E-state index contributed by atoms with van der Waals surface area (Å²) >= 11 is 2.17. The highest BCUT2D eigenvalue weighted by atomic mass is 127. The van der Waals surface area contributed by atoms with Crippen LogP contribution in [0.1, 0.15) is 0 Å². The molecule has 150 valence electrons. The molecule has 2 saturated heterocycles. The van der Waals surface area contributed by atoms with Gasteiger partial charge in [0.1, 0.15) is 0 Å². The number of ether oxygens (including phenoxy) is 1. The third-order valence-corrected chi connectivity index (χ3v) is 7.65. The van der Waals surface area contributed by atoms with Crippen LogP contribution in [0.25, 0.3) is 0 Å². The fourth-order valence-corrected chi connectivity index (χ4v) is 5.19. The molecule has 8 nitrogen and oxygen atoms in total. The lowest BCUT2D eigenvalue weighted by atomic mass is 10.3. The topological polar surface area (TPSA) is 78.9 Å². The van der Waals surface area contributed by atoms with Gasteiger partial charge in [0, 0.05) is 48.9 Å². The van der Waals surface area contributed by atoms with Crippen LogP contribution >= 0.6 is 22.6 Å². The summed E-state index contributed by atoms with van der Waals surface area (Å²) in [6.07, 6.45) is 1.77. The summed E-state index contributed by atoms with van der Waals surface area (Å²) in [6.45, 7) is 5.14. The number of morpholine rings is 1. The molecule has 0 radical (unpaired) electrons. The summed E-state index contributed by atoms with van der Waals surface area (Å²) in [5.74, 6) is 0.787. The van der Waals surface area contributed by atoms with Crippen LogP contribution < -0.4 is 9.80 Å². The highest BCUT2D eigenvalue weighted by molar-refractivity contribution is 14.1. The molecule has 2 aromatic rings. The van der Waals surface area contributed by atoms with Gasteiger partial charge in [-0.3, -0.25) is 0 Å². The zero-order valence-electron chi connectivity index (χ0n) is 15.4. The van der Waals surface area contributed by atoms with E-state index in [1.165, 1.54) is 0 Å². The van der Waals surface area contributed by atoms with Crippen LogP contribution in [-0.2, 0) is 14.8 Å². The second-order valence-corrected chi connectivity index (χ2v) is 9.90. The molecule has 3 heterocycles. The minimum atomic E-state index is -3.46. The van der Waals surface area contributed by atoms with Crippen LogP contribution in [0.5, 0.6) is 0 Å². The molecule has 0 aliphatic carbocycles. The number of sulfonamides is 1. The van der Waals surface area contributed by atoms with Crippen LogP contribution in [0.15, 0.2) is 41.4 Å². The van der Waals surface area contributed by atoms with Gasteiger partial charge in [-0.15, -0.1) is 5.10 Å². The first-order chi connectivity index (χ1) is 13.5. The van der Waals surface area contributed by atoms with Gasteiger partial charge < -0.3 is 14.5 Å². The Morgan fingerprint density at radius 1 is 0.929 bits per heavy atom. The SMILES string of the molecule is O=S(=O)(c1ccc(I)cc1)N1CCN(c2cc(N3CCOCC3)cnn2)CC1. The monoisotopic (exact) mass is 515 g/mol. The fourth-order valence-electron chi connectivity index (χ4n) is 3.41. The average molecular weight is 515 g/mol. The minimum absolute atomic E-state index is 0.343. The maximum Gasteiger partial charge on any atom is 0.243 e. The van der Waals surface area contributed by atoms with E-state index in [0.717, 1.165) is 28.2 Å². The van der Waals surface area contributed by atoms with Gasteiger partial charge in [0.25, 0.3) is 0 Å². The van der Waals surface area contributed by atoms with Crippen molar-refractivity contribution in [1.29, 1.82) is 0 Å². The molecule has 4 rings (SSSR count). The van der Waals surface area contributed by atoms with E-state index in [2.05, 4.69) is 42.6 Å². The molecule has 28 heavy (non-hydrogen) atoms. The van der Waals surface area contributed by atoms with Crippen molar-refractivity contribution in [2.75, 3.05) is 62.3 Å². The summed E-state index contributed by atoms with van der Waals surface area (Å²) in [5.41, 5.74) is 1.03. The molecule has 2 fully saturated rings. The Labute approximate surface area is 178 Å². The second kappa shape index (κ2) is 8.47. The zero-order valence-corrected chi connectivity index (χ0v) is 18.3. The van der Waals surface area contributed by atoms with E-state index in [0.29, 0.717) is 44.3 Å². The Balaban J connectivity index is 1.43. The van der Waals surface area contributed by atoms with Gasteiger partial charge in [0.15, 0.2) is 5.82 Å². The number of rotatable bonds is 4. The predicted molar refractivity (Wildman–Crippen MR) is 115 cm³/mol. The van der Waals surface area contributed by atoms with Crippen molar-refractivity contribution in [3.63, 3.8) is 0 Å². The highest BCUT2D eigenvalue weighted by Gasteiger charge is 2.29. The number of aromatic nitrogens is 2. The van der Waals surface area contributed by atoms with E-state index in [1.54, 1.807) is 22.6 Å². The van der Waals surface area contributed by atoms with Gasteiger partial charge in [-0.1, -0.05) is 0 Å². The summed E-state index contributed by atoms with van der Waals surface area (Å²) in [5, 5.41) is 8.41. The number of anilines is 2. The Morgan fingerprint density at radius 2 is 1.61 bits per heavy atom. The van der Waals surface area contributed by atoms with Crippen LogP contribution in [0.4, 0.5) is 11.5 Å². The van der Waals surface area contributed by atoms with E-state index >= 15 is 0 Å². The van der Waals surface area contributed by atoms with Crippen molar-refractivity contribution in [1.82, 2.24) is 14.5 Å². The number of nitrogens with zero attached hydrogens (tertiary/aromatic N) is 5. The summed E-state index contributed by atoms with van der Waals surface area (Å²) in [7, 11) is -3.46. The third kappa shape index (κ3) is 4.24. The molecule has 0 spiro atoms. The summed E-state index contributed by atoms with van der Waals surface area (Å²) in [6, 6.07) is 9.00. The minimum Gasteiger partial charge on any atom is -0.378 e. The maximum absolute atomic E-state index is 12.9. The van der Waals surface area contributed by atoms with E-state index < -0.39 is 10.0 Å². The highest BCUT2D eigenvalue weighted by Crippen LogP contribution is 2.23. The Morgan fingerprint density at radius 3 is 2.29 bits per heavy atom. The molecule has 0 saturated carbocycles. The molecular weight excluding hydrogens is 493 g/mol. The first kappa shape index (κ1) is 19.8. The lowest BCUT2D eigenvalue weighted by Gasteiger charge is -2.35. The van der Waals surface area contributed by atoms with Crippen molar-refractivity contribution in [3.8, 4) is 0 Å². The predicted octanol–water partition coefficient (Wildman–Crippen LogP) is 1.43. The summed E-state index contributed by atoms with van der Waals surface area (Å²) in [4.78, 5) is 4.67. The van der Waals surface area contributed by atoms with Crippen LogP contribution in [0.2, 0.25) is 0 Å². The van der Waals surface area contributed by atoms with Crippen molar-refractivity contribution in [2.45, 2.75) is 4.90 Å². The second-order valence-electron chi connectivity index (χ2n) is 6.72. The maximum atomic E-state index is 12.9. The van der Waals surface area contributed by atoms with Crippen LogP contribution in [0, 0.1) is 3.57 Å². The van der Waals surface area contributed by atoms with Crippen LogP contribution in [0.3, 0.4) is 0 Å². The Bertz CT molecular complexity index is 911. The largest absolute Gasteiger partial charge is 0.378 e. The summed E-state index contributed by atoms with van der Waals surface area (Å²) < 4.78 is 33.7. The quantitative estimate of drug-likeness (QED) is 0.571. The molecule has 0 atom stereocenters. The van der Waals surface area contributed by atoms with Crippen molar-refractivity contribution in [2.24, 2.45) is 0 Å². The lowest BCUT2D eigenvalue weighted by molar-refractivity contribution is 0.122. The molecule has 10 heteroatoms. The zero-order chi connectivity index (χ0) is 19.6. The number of hydrogen-bond acceptors (Lipinski definition) is 7. The van der Waals surface area contributed by atoms with Gasteiger partial charge >= 0.3 is 0 Å². The molecule has 0 amide bonds. The van der Waals surface area contributed by atoms with E-state index in [-0.39, 0.29) is 0 Å². The van der Waals surface area contributed by atoms with Gasteiger partial charge in [-0.2, -0.15) is 9.40 Å². The fraction of sp³-hybridized carbons (Fsp3) is 0.444. The molecule has 0 unspecified atom stereocenters. The average Bonchev–Trinajstić information content (AvgIpc) is 2.75. The molecule has 1 aromatic carbocycles. The first-order valence-corrected chi connectivity index (χ1v) is 11.7. The van der Waals surface area contributed by atoms with E-state index in [4.69, 9.17) is 4.74 Å². The van der Waals surface area contributed by atoms with Gasteiger partial charge in [0.05, 0.1) is 30.0 Å². The van der Waals surface area contributed by atoms with Gasteiger partial charge in [0.2, 0.25) is 10.0 Å². The smallest absolute Gasteiger partial charge is 0.243 e. The van der Waals surface area contributed by atoms with Crippen molar-refractivity contribution >= 4 is 44.1 Å². The number of halogens is 1.